The quantitative estimate of drug-likeness (QED) is 0.161. The lowest BCUT2D eigenvalue weighted by Crippen LogP contribution is -2.52. The fourth-order valence-electron chi connectivity index (χ4n) is 4.69. The summed E-state index contributed by atoms with van der Waals surface area (Å²) in [4.78, 5) is 76.0. The Labute approximate surface area is 240 Å². The van der Waals surface area contributed by atoms with Gasteiger partial charge in [-0.2, -0.15) is 0 Å². The van der Waals surface area contributed by atoms with Gasteiger partial charge in [0, 0.05) is 24.6 Å². The number of carbonyl (C=O) groups excluding carboxylic acids is 6. The van der Waals surface area contributed by atoms with Gasteiger partial charge in [0.05, 0.1) is 25.7 Å². The lowest BCUT2D eigenvalue weighted by molar-refractivity contribution is -0.139. The molecule has 42 heavy (non-hydrogen) atoms. The number of carbonyl (C=O) groups is 6. The highest BCUT2D eigenvalue weighted by Gasteiger charge is 2.40. The van der Waals surface area contributed by atoms with Crippen molar-refractivity contribution in [3.63, 3.8) is 0 Å². The molecule has 4 atom stereocenters. The number of ketones is 1. The Morgan fingerprint density at radius 2 is 1.74 bits per heavy atom. The van der Waals surface area contributed by atoms with Gasteiger partial charge in [0.1, 0.15) is 29.7 Å². The van der Waals surface area contributed by atoms with E-state index >= 15 is 0 Å². The maximum Gasteiger partial charge on any atom is 0.247 e. The van der Waals surface area contributed by atoms with Crippen molar-refractivity contribution in [3.05, 3.63) is 47.5 Å². The van der Waals surface area contributed by atoms with Crippen LogP contribution >= 0.6 is 0 Å². The molecule has 14 heteroatoms. The Balaban J connectivity index is 1.70. The van der Waals surface area contributed by atoms with Crippen LogP contribution in [0.5, 0.6) is 11.5 Å². The van der Waals surface area contributed by atoms with Crippen LogP contribution < -0.4 is 21.3 Å². The molecule has 0 aliphatic carbocycles. The number of rotatable bonds is 8. The molecule has 4 rings (SSSR count). The molecule has 1 fully saturated rings. The zero-order valence-corrected chi connectivity index (χ0v) is 22.9. The maximum absolute atomic E-state index is 13.4. The fourth-order valence-corrected chi connectivity index (χ4v) is 4.69. The molecule has 2 aliphatic rings. The predicted octanol–water partition coefficient (Wildman–Crippen LogP) is -1.36. The van der Waals surface area contributed by atoms with Crippen LogP contribution in [0.2, 0.25) is 0 Å². The van der Waals surface area contributed by atoms with Gasteiger partial charge in [-0.1, -0.05) is 12.1 Å². The maximum atomic E-state index is 13.4. The van der Waals surface area contributed by atoms with Crippen LogP contribution in [0.4, 0.5) is 0 Å². The van der Waals surface area contributed by atoms with E-state index < -0.39 is 54.9 Å². The SMILES string of the molecule is CC1OC1C(=O)CNC(=O)C1Cc2ccc(O)c(c2)-c2cc(ccc2O)C(N(C)C(=O)CNC=O)C(=O)NCC(=O)N1. The van der Waals surface area contributed by atoms with Gasteiger partial charge in [-0.05, 0) is 42.3 Å². The first kappa shape index (κ1) is 30.0. The van der Waals surface area contributed by atoms with Crippen molar-refractivity contribution in [2.45, 2.75) is 37.6 Å². The largest absolute Gasteiger partial charge is 0.507 e. The highest BCUT2D eigenvalue weighted by molar-refractivity contribution is 5.96. The molecule has 6 N–H and O–H groups in total. The Hall–Kier alpha value is -4.98. The Kier molecular flexibility index (Phi) is 9.06. The van der Waals surface area contributed by atoms with Crippen LogP contribution in [0.3, 0.4) is 0 Å². The number of phenolic OH excluding ortho intramolecular Hbond substituents is 2. The Bertz CT molecular complexity index is 1430. The summed E-state index contributed by atoms with van der Waals surface area (Å²) in [5.74, 6) is -3.51. The van der Waals surface area contributed by atoms with E-state index in [0.717, 1.165) is 4.90 Å². The Morgan fingerprint density at radius 3 is 2.40 bits per heavy atom. The van der Waals surface area contributed by atoms with Gasteiger partial charge in [0.25, 0.3) is 0 Å². The van der Waals surface area contributed by atoms with Crippen LogP contribution in [0.1, 0.15) is 24.1 Å². The summed E-state index contributed by atoms with van der Waals surface area (Å²) in [6, 6.07) is 6.10. The number of nitrogens with one attached hydrogen (secondary N) is 4. The summed E-state index contributed by atoms with van der Waals surface area (Å²) in [7, 11) is 1.34. The second-order valence-electron chi connectivity index (χ2n) is 10.0. The normalized spacial score (nSPS) is 21.6. The molecule has 2 heterocycles. The van der Waals surface area contributed by atoms with E-state index in [0.29, 0.717) is 12.0 Å². The number of fused-ring (bicyclic) bond motifs is 5. The molecule has 4 bridgehead atoms. The summed E-state index contributed by atoms with van der Waals surface area (Å²) in [5, 5.41) is 31.1. The van der Waals surface area contributed by atoms with Crippen molar-refractivity contribution in [1.82, 2.24) is 26.2 Å². The Morgan fingerprint density at radius 1 is 1.07 bits per heavy atom. The third kappa shape index (κ3) is 6.83. The van der Waals surface area contributed by atoms with Crippen LogP contribution in [0.25, 0.3) is 11.1 Å². The number of Topliss-reactive ketones (excluding diaryl/α,β-unsaturated/α-hetero) is 1. The van der Waals surface area contributed by atoms with Crippen molar-refractivity contribution in [2.24, 2.45) is 0 Å². The summed E-state index contributed by atoms with van der Waals surface area (Å²) in [6.45, 7) is 0.473. The van der Waals surface area contributed by atoms with Gasteiger partial charge in [0.2, 0.25) is 30.0 Å². The number of ether oxygens (including phenoxy) is 1. The molecule has 0 spiro atoms. The first-order chi connectivity index (χ1) is 20.0. The number of hydrogen-bond acceptors (Lipinski definition) is 9. The third-order valence-corrected chi connectivity index (χ3v) is 7.03. The summed E-state index contributed by atoms with van der Waals surface area (Å²) in [6.07, 6.45) is -0.528. The summed E-state index contributed by atoms with van der Waals surface area (Å²) >= 11 is 0. The average Bonchev–Trinajstić information content (AvgIpc) is 3.70. The minimum Gasteiger partial charge on any atom is -0.507 e. The lowest BCUT2D eigenvalue weighted by Gasteiger charge is -2.28. The second kappa shape index (κ2) is 12.7. The zero-order chi connectivity index (χ0) is 30.6. The van der Waals surface area contributed by atoms with Crippen molar-refractivity contribution in [2.75, 3.05) is 26.7 Å². The van der Waals surface area contributed by atoms with Crippen molar-refractivity contribution >= 4 is 35.8 Å². The number of epoxide rings is 1. The number of phenols is 2. The molecule has 2 aromatic carbocycles. The molecule has 4 unspecified atom stereocenters. The standard InChI is InChI=1S/C28H31N5O9/c1-14-26(42-14)22(37)10-30-27(40)19-8-15-3-5-20(35)17(7-15)18-9-16(4-6-21(18)36)25(28(41)31-11-23(38)32-19)33(2)24(39)12-29-13-34/h3-7,9,13-14,19,25-26,35-36H,8,10-12H2,1-2H3,(H,29,34)(H,30,40)(H,31,41)(H,32,38). The summed E-state index contributed by atoms with van der Waals surface area (Å²) in [5.41, 5.74) is 1.06. The minimum atomic E-state index is -1.30. The monoisotopic (exact) mass is 581 g/mol. The molecular weight excluding hydrogens is 550 g/mol. The van der Waals surface area contributed by atoms with E-state index in [1.807, 2.05) is 0 Å². The van der Waals surface area contributed by atoms with Crippen LogP contribution in [0, 0.1) is 0 Å². The van der Waals surface area contributed by atoms with E-state index in [-0.39, 0.29) is 53.0 Å². The molecule has 1 saturated heterocycles. The molecular formula is C28H31N5O9. The molecule has 14 nitrogen and oxygen atoms in total. The van der Waals surface area contributed by atoms with E-state index in [1.165, 1.54) is 37.4 Å². The summed E-state index contributed by atoms with van der Waals surface area (Å²) < 4.78 is 5.13. The van der Waals surface area contributed by atoms with Gasteiger partial charge in [0.15, 0.2) is 5.78 Å². The number of amides is 5. The van der Waals surface area contributed by atoms with Gasteiger partial charge >= 0.3 is 0 Å². The molecule has 0 saturated carbocycles. The fraction of sp³-hybridized carbons (Fsp3) is 0.357. The zero-order valence-electron chi connectivity index (χ0n) is 22.9. The number of likely N-dealkylation sites (N-methyl/N-ethyl adjacent to an activating group) is 1. The first-order valence-electron chi connectivity index (χ1n) is 13.1. The number of nitrogens with zero attached hydrogens (tertiary/aromatic N) is 1. The van der Waals surface area contributed by atoms with E-state index in [9.17, 15) is 39.0 Å². The molecule has 222 valence electrons. The van der Waals surface area contributed by atoms with Gasteiger partial charge in [-0.3, -0.25) is 28.8 Å². The van der Waals surface area contributed by atoms with Gasteiger partial charge in [-0.15, -0.1) is 0 Å². The molecule has 2 aliphatic heterocycles. The van der Waals surface area contributed by atoms with Gasteiger partial charge in [-0.25, -0.2) is 0 Å². The molecule has 2 aromatic rings. The van der Waals surface area contributed by atoms with E-state index in [4.69, 9.17) is 4.74 Å². The third-order valence-electron chi connectivity index (χ3n) is 7.03. The van der Waals surface area contributed by atoms with Crippen LogP contribution in [-0.4, -0.2) is 95.9 Å². The van der Waals surface area contributed by atoms with E-state index in [1.54, 1.807) is 13.0 Å². The predicted molar refractivity (Wildman–Crippen MR) is 146 cm³/mol. The highest BCUT2D eigenvalue weighted by Crippen LogP contribution is 2.38. The van der Waals surface area contributed by atoms with E-state index in [2.05, 4.69) is 21.3 Å². The molecule has 5 amide bonds. The molecule has 0 aromatic heterocycles. The van der Waals surface area contributed by atoms with Gasteiger partial charge < -0.3 is 41.1 Å². The van der Waals surface area contributed by atoms with Crippen molar-refractivity contribution < 1.29 is 43.7 Å². The van der Waals surface area contributed by atoms with Crippen molar-refractivity contribution in [3.8, 4) is 22.6 Å². The number of benzene rings is 2. The van der Waals surface area contributed by atoms with Crippen LogP contribution in [-0.2, 0) is 39.9 Å². The lowest BCUT2D eigenvalue weighted by atomic mass is 9.94. The highest BCUT2D eigenvalue weighted by atomic mass is 16.6. The van der Waals surface area contributed by atoms with Crippen LogP contribution in [0.15, 0.2) is 36.4 Å². The number of aromatic hydroxyl groups is 2. The topological polar surface area (TPSA) is 207 Å². The first-order valence-corrected chi connectivity index (χ1v) is 13.1. The van der Waals surface area contributed by atoms with Crippen molar-refractivity contribution in [1.29, 1.82) is 0 Å². The number of hydrogen-bond donors (Lipinski definition) is 6. The minimum absolute atomic E-state index is 0.0482. The smallest absolute Gasteiger partial charge is 0.247 e. The second-order valence-corrected chi connectivity index (χ2v) is 10.0. The molecule has 0 radical (unpaired) electrons. The average molecular weight is 582 g/mol.